The van der Waals surface area contributed by atoms with Gasteiger partial charge in [0.15, 0.2) is 5.82 Å². The number of nitrogens with one attached hydrogen (secondary N) is 1. The lowest BCUT2D eigenvalue weighted by Crippen LogP contribution is -2.34. The summed E-state index contributed by atoms with van der Waals surface area (Å²) in [4.78, 5) is 4.08. The number of ether oxygens (including phenoxy) is 1. The van der Waals surface area contributed by atoms with Crippen molar-refractivity contribution in [1.29, 1.82) is 0 Å². The lowest BCUT2D eigenvalue weighted by atomic mass is 10.0. The van der Waals surface area contributed by atoms with Crippen LogP contribution in [-0.4, -0.2) is 29.3 Å². The predicted octanol–water partition coefficient (Wildman–Crippen LogP) is 1.43. The van der Waals surface area contributed by atoms with Crippen LogP contribution in [0.5, 0.6) is 0 Å². The predicted molar refractivity (Wildman–Crippen MR) is 58.9 cm³/mol. The van der Waals surface area contributed by atoms with E-state index in [0.717, 1.165) is 19.6 Å². The number of piperidine rings is 1. The van der Waals surface area contributed by atoms with Gasteiger partial charge in [0.05, 0.1) is 0 Å². The van der Waals surface area contributed by atoms with Crippen LogP contribution in [0.15, 0.2) is 4.52 Å². The van der Waals surface area contributed by atoms with E-state index in [1.54, 1.807) is 6.92 Å². The zero-order chi connectivity index (χ0) is 11.2. The van der Waals surface area contributed by atoms with E-state index in [-0.39, 0.29) is 0 Å². The Hall–Kier alpha value is -0.940. The molecule has 1 aromatic heterocycles. The molecule has 1 N–H and O–H groups in total. The van der Waals surface area contributed by atoms with Gasteiger partial charge in [-0.25, -0.2) is 0 Å². The Morgan fingerprint density at radius 2 is 2.44 bits per heavy atom. The standard InChI is InChI=1S/C11H19N3O2/c1-9-13-11(16-14-9)8-15-7-5-10-4-2-3-6-12-10/h10,12H,2-8H2,1H3. The molecule has 1 aliphatic rings. The van der Waals surface area contributed by atoms with Gasteiger partial charge in [-0.05, 0) is 32.7 Å². The second-order valence-electron chi connectivity index (χ2n) is 4.22. The Kier molecular flexibility index (Phi) is 4.30. The lowest BCUT2D eigenvalue weighted by Gasteiger charge is -2.22. The first-order chi connectivity index (χ1) is 7.84. The molecule has 0 amide bonds. The van der Waals surface area contributed by atoms with Gasteiger partial charge in [0, 0.05) is 12.6 Å². The molecule has 1 fully saturated rings. The van der Waals surface area contributed by atoms with Gasteiger partial charge in [-0.15, -0.1) is 0 Å². The Morgan fingerprint density at radius 3 is 3.12 bits per heavy atom. The van der Waals surface area contributed by atoms with E-state index in [1.165, 1.54) is 19.3 Å². The minimum Gasteiger partial charge on any atom is -0.372 e. The van der Waals surface area contributed by atoms with Crippen molar-refractivity contribution in [3.05, 3.63) is 11.7 Å². The summed E-state index contributed by atoms with van der Waals surface area (Å²) in [5.41, 5.74) is 0. The summed E-state index contributed by atoms with van der Waals surface area (Å²) in [6.45, 7) is 4.12. The molecular weight excluding hydrogens is 206 g/mol. The molecule has 5 nitrogen and oxygen atoms in total. The van der Waals surface area contributed by atoms with E-state index in [2.05, 4.69) is 15.5 Å². The third-order valence-electron chi connectivity index (χ3n) is 2.82. The van der Waals surface area contributed by atoms with Crippen LogP contribution in [0.2, 0.25) is 0 Å². The molecule has 16 heavy (non-hydrogen) atoms. The van der Waals surface area contributed by atoms with E-state index in [9.17, 15) is 0 Å². The maximum Gasteiger partial charge on any atom is 0.252 e. The Morgan fingerprint density at radius 1 is 1.50 bits per heavy atom. The smallest absolute Gasteiger partial charge is 0.252 e. The molecule has 1 saturated heterocycles. The van der Waals surface area contributed by atoms with Gasteiger partial charge in [-0.3, -0.25) is 0 Å². The highest BCUT2D eigenvalue weighted by Crippen LogP contribution is 2.10. The summed E-state index contributed by atoms with van der Waals surface area (Å²) in [6, 6.07) is 0.623. The maximum absolute atomic E-state index is 5.50. The van der Waals surface area contributed by atoms with Crippen molar-refractivity contribution < 1.29 is 9.26 Å². The molecular formula is C11H19N3O2. The third-order valence-corrected chi connectivity index (χ3v) is 2.82. The van der Waals surface area contributed by atoms with E-state index >= 15 is 0 Å². The molecule has 0 saturated carbocycles. The molecule has 0 aromatic carbocycles. The molecule has 1 aromatic rings. The first-order valence-electron chi connectivity index (χ1n) is 5.95. The summed E-state index contributed by atoms with van der Waals surface area (Å²) in [7, 11) is 0. The summed E-state index contributed by atoms with van der Waals surface area (Å²) in [5, 5.41) is 7.20. The summed E-state index contributed by atoms with van der Waals surface area (Å²) in [5.74, 6) is 1.22. The van der Waals surface area contributed by atoms with Crippen LogP contribution in [0.1, 0.15) is 37.4 Å². The van der Waals surface area contributed by atoms with Crippen LogP contribution in [0.4, 0.5) is 0 Å². The molecule has 5 heteroatoms. The minimum atomic E-state index is 0.424. The third kappa shape index (κ3) is 3.57. The molecule has 1 unspecified atom stereocenters. The summed E-state index contributed by atoms with van der Waals surface area (Å²) < 4.78 is 10.5. The van der Waals surface area contributed by atoms with E-state index < -0.39 is 0 Å². The van der Waals surface area contributed by atoms with Crippen molar-refractivity contribution in [1.82, 2.24) is 15.5 Å². The highest BCUT2D eigenvalue weighted by atomic mass is 16.5. The first kappa shape index (κ1) is 11.5. The van der Waals surface area contributed by atoms with Crippen LogP contribution in [0, 0.1) is 6.92 Å². The van der Waals surface area contributed by atoms with E-state index in [4.69, 9.17) is 9.26 Å². The van der Waals surface area contributed by atoms with Gasteiger partial charge in [-0.2, -0.15) is 4.98 Å². The topological polar surface area (TPSA) is 60.2 Å². The Balaban J connectivity index is 1.57. The minimum absolute atomic E-state index is 0.424. The fourth-order valence-electron chi connectivity index (χ4n) is 1.95. The Bertz CT molecular complexity index is 308. The van der Waals surface area contributed by atoms with Crippen molar-refractivity contribution >= 4 is 0 Å². The average Bonchev–Trinajstić information content (AvgIpc) is 2.72. The summed E-state index contributed by atoms with van der Waals surface area (Å²) in [6.07, 6.45) is 4.97. The molecule has 2 rings (SSSR count). The molecule has 0 radical (unpaired) electrons. The molecule has 0 aliphatic carbocycles. The van der Waals surface area contributed by atoms with Crippen molar-refractivity contribution in [2.24, 2.45) is 0 Å². The molecule has 1 aliphatic heterocycles. The molecule has 0 bridgehead atoms. The van der Waals surface area contributed by atoms with Crippen LogP contribution in [0.3, 0.4) is 0 Å². The normalized spacial score (nSPS) is 21.2. The highest BCUT2D eigenvalue weighted by molar-refractivity contribution is 4.80. The highest BCUT2D eigenvalue weighted by Gasteiger charge is 2.12. The van der Waals surface area contributed by atoms with Gasteiger partial charge < -0.3 is 14.6 Å². The second-order valence-corrected chi connectivity index (χ2v) is 4.22. The summed E-state index contributed by atoms with van der Waals surface area (Å²) >= 11 is 0. The number of aromatic nitrogens is 2. The van der Waals surface area contributed by atoms with E-state index in [0.29, 0.717) is 24.4 Å². The number of rotatable bonds is 5. The second kappa shape index (κ2) is 5.96. The van der Waals surface area contributed by atoms with Gasteiger partial charge in [0.25, 0.3) is 5.89 Å². The quantitative estimate of drug-likeness (QED) is 0.768. The Labute approximate surface area is 95.6 Å². The molecule has 90 valence electrons. The monoisotopic (exact) mass is 225 g/mol. The fourth-order valence-corrected chi connectivity index (χ4v) is 1.95. The number of hydrogen-bond acceptors (Lipinski definition) is 5. The van der Waals surface area contributed by atoms with Crippen molar-refractivity contribution in [2.45, 2.75) is 45.3 Å². The SMILES string of the molecule is Cc1noc(COCCC2CCCCN2)n1. The van der Waals surface area contributed by atoms with Crippen molar-refractivity contribution in [3.63, 3.8) is 0 Å². The first-order valence-corrected chi connectivity index (χ1v) is 5.95. The van der Waals surface area contributed by atoms with Crippen molar-refractivity contribution in [3.8, 4) is 0 Å². The number of hydrogen-bond donors (Lipinski definition) is 1. The van der Waals surface area contributed by atoms with E-state index in [1.807, 2.05) is 0 Å². The molecule has 0 spiro atoms. The average molecular weight is 225 g/mol. The van der Waals surface area contributed by atoms with Crippen LogP contribution in [0.25, 0.3) is 0 Å². The zero-order valence-electron chi connectivity index (χ0n) is 9.74. The molecule has 2 heterocycles. The molecule has 1 atom stereocenters. The maximum atomic E-state index is 5.50. The van der Waals surface area contributed by atoms with Crippen LogP contribution in [-0.2, 0) is 11.3 Å². The van der Waals surface area contributed by atoms with Gasteiger partial charge >= 0.3 is 0 Å². The van der Waals surface area contributed by atoms with Crippen LogP contribution >= 0.6 is 0 Å². The van der Waals surface area contributed by atoms with Gasteiger partial charge in [-0.1, -0.05) is 11.6 Å². The van der Waals surface area contributed by atoms with Crippen LogP contribution < -0.4 is 5.32 Å². The largest absolute Gasteiger partial charge is 0.372 e. The number of aryl methyl sites for hydroxylation is 1. The van der Waals surface area contributed by atoms with Crippen molar-refractivity contribution in [2.75, 3.05) is 13.2 Å². The fraction of sp³-hybridized carbons (Fsp3) is 0.818. The van der Waals surface area contributed by atoms with Gasteiger partial charge in [0.2, 0.25) is 0 Å². The zero-order valence-corrected chi connectivity index (χ0v) is 9.74. The number of nitrogens with zero attached hydrogens (tertiary/aromatic N) is 2. The lowest BCUT2D eigenvalue weighted by molar-refractivity contribution is 0.0877. The van der Waals surface area contributed by atoms with Gasteiger partial charge in [0.1, 0.15) is 6.61 Å².